The molecule has 0 fully saturated rings. The molecule has 0 atom stereocenters. The van der Waals surface area contributed by atoms with Crippen LogP contribution in [0.5, 0.6) is 0 Å². The van der Waals surface area contributed by atoms with Gasteiger partial charge >= 0.3 is 0 Å². The van der Waals surface area contributed by atoms with Crippen LogP contribution in [0.1, 0.15) is 30.9 Å². The van der Waals surface area contributed by atoms with Crippen molar-refractivity contribution in [1.82, 2.24) is 0 Å². The van der Waals surface area contributed by atoms with E-state index in [4.69, 9.17) is 23.2 Å². The van der Waals surface area contributed by atoms with E-state index >= 15 is 0 Å². The third kappa shape index (κ3) is 4.48. The molecule has 2 aromatic rings. The van der Waals surface area contributed by atoms with Gasteiger partial charge in [0, 0.05) is 5.69 Å². The fourth-order valence-corrected chi connectivity index (χ4v) is 2.31. The molecule has 0 heterocycles. The van der Waals surface area contributed by atoms with E-state index in [2.05, 4.69) is 19.2 Å². The Balaban J connectivity index is 1.99. The maximum Gasteiger partial charge on any atom is 0.228 e. The highest BCUT2D eigenvalue weighted by atomic mass is 35.5. The molecular weight excluding hydrogens is 305 g/mol. The molecule has 0 aliphatic rings. The molecule has 21 heavy (non-hydrogen) atoms. The van der Waals surface area contributed by atoms with E-state index in [9.17, 15) is 4.79 Å². The van der Waals surface area contributed by atoms with E-state index in [1.807, 2.05) is 24.3 Å². The average molecular weight is 322 g/mol. The molecule has 0 aromatic heterocycles. The van der Waals surface area contributed by atoms with E-state index < -0.39 is 0 Å². The van der Waals surface area contributed by atoms with Crippen LogP contribution >= 0.6 is 23.2 Å². The lowest BCUT2D eigenvalue weighted by Gasteiger charge is -2.09. The Hall–Kier alpha value is -1.51. The highest BCUT2D eigenvalue weighted by Gasteiger charge is 2.07. The van der Waals surface area contributed by atoms with Gasteiger partial charge in [-0.25, -0.2) is 0 Å². The van der Waals surface area contributed by atoms with Crippen molar-refractivity contribution in [2.24, 2.45) is 0 Å². The third-order valence-corrected chi connectivity index (χ3v) is 3.95. The number of rotatable bonds is 4. The van der Waals surface area contributed by atoms with Crippen LogP contribution in [0, 0.1) is 0 Å². The van der Waals surface area contributed by atoms with Gasteiger partial charge < -0.3 is 5.32 Å². The van der Waals surface area contributed by atoms with Crippen molar-refractivity contribution in [3.8, 4) is 0 Å². The molecule has 0 saturated heterocycles. The van der Waals surface area contributed by atoms with Crippen molar-refractivity contribution >= 4 is 34.8 Å². The summed E-state index contributed by atoms with van der Waals surface area (Å²) in [5.41, 5.74) is 2.88. The molecule has 110 valence electrons. The maximum absolute atomic E-state index is 12.0. The minimum absolute atomic E-state index is 0.0781. The molecule has 2 nitrogen and oxygen atoms in total. The predicted octanol–water partition coefficient (Wildman–Crippen LogP) is 5.30. The molecule has 4 heteroatoms. The lowest BCUT2D eigenvalue weighted by atomic mass is 10.0. The number of hydrogen-bond donors (Lipinski definition) is 1. The quantitative estimate of drug-likeness (QED) is 0.813. The minimum atomic E-state index is -0.0781. The number of anilines is 1. The lowest BCUT2D eigenvalue weighted by Crippen LogP contribution is -2.14. The third-order valence-electron chi connectivity index (χ3n) is 3.21. The smallest absolute Gasteiger partial charge is 0.228 e. The summed E-state index contributed by atoms with van der Waals surface area (Å²) in [6.07, 6.45) is 0.267. The number of halogens is 2. The minimum Gasteiger partial charge on any atom is -0.326 e. The normalized spacial score (nSPS) is 10.7. The molecule has 2 aromatic carbocycles. The summed E-state index contributed by atoms with van der Waals surface area (Å²) in [4.78, 5) is 12.0. The molecule has 0 spiro atoms. The monoisotopic (exact) mass is 321 g/mol. The van der Waals surface area contributed by atoms with Gasteiger partial charge in [-0.15, -0.1) is 0 Å². The van der Waals surface area contributed by atoms with Crippen LogP contribution in [0.25, 0.3) is 0 Å². The van der Waals surface area contributed by atoms with Gasteiger partial charge in [0.05, 0.1) is 16.5 Å². The van der Waals surface area contributed by atoms with Crippen molar-refractivity contribution in [2.45, 2.75) is 26.2 Å². The SMILES string of the molecule is CC(C)c1ccc(NC(=O)Cc2ccc(Cl)c(Cl)c2)cc1. The van der Waals surface area contributed by atoms with Crippen LogP contribution in [-0.4, -0.2) is 5.91 Å². The first kappa shape index (κ1) is 15.9. The Labute approximate surface area is 135 Å². The first-order valence-corrected chi connectivity index (χ1v) is 7.55. The van der Waals surface area contributed by atoms with Gasteiger partial charge in [-0.05, 0) is 41.3 Å². The Morgan fingerprint density at radius 3 is 2.29 bits per heavy atom. The zero-order valence-electron chi connectivity index (χ0n) is 12.0. The summed E-state index contributed by atoms with van der Waals surface area (Å²) in [5.74, 6) is 0.400. The number of nitrogens with one attached hydrogen (secondary N) is 1. The Bertz CT molecular complexity index is 636. The summed E-state index contributed by atoms with van der Waals surface area (Å²) in [6.45, 7) is 4.27. The number of carbonyl (C=O) groups excluding carboxylic acids is 1. The van der Waals surface area contributed by atoms with Crippen molar-refractivity contribution < 1.29 is 4.79 Å². The Morgan fingerprint density at radius 2 is 1.71 bits per heavy atom. The van der Waals surface area contributed by atoms with Crippen LogP contribution in [0.2, 0.25) is 10.0 Å². The standard InChI is InChI=1S/C17H17Cl2NO/c1-11(2)13-4-6-14(7-5-13)20-17(21)10-12-3-8-15(18)16(19)9-12/h3-9,11H,10H2,1-2H3,(H,20,21). The van der Waals surface area contributed by atoms with E-state index in [-0.39, 0.29) is 12.3 Å². The molecule has 2 rings (SSSR count). The molecular formula is C17H17Cl2NO. The maximum atomic E-state index is 12.0. The fraction of sp³-hybridized carbons (Fsp3) is 0.235. The van der Waals surface area contributed by atoms with Crippen LogP contribution in [0.4, 0.5) is 5.69 Å². The van der Waals surface area contributed by atoms with Crippen molar-refractivity contribution in [1.29, 1.82) is 0 Å². The van der Waals surface area contributed by atoms with Gasteiger partial charge in [0.1, 0.15) is 0 Å². The molecule has 0 aliphatic heterocycles. The summed E-state index contributed by atoms with van der Waals surface area (Å²) >= 11 is 11.8. The first-order chi connectivity index (χ1) is 9.95. The molecule has 1 amide bonds. The van der Waals surface area contributed by atoms with Crippen molar-refractivity contribution in [3.05, 3.63) is 63.6 Å². The Kier molecular flexibility index (Phi) is 5.27. The Morgan fingerprint density at radius 1 is 1.05 bits per heavy atom. The zero-order valence-corrected chi connectivity index (χ0v) is 13.5. The molecule has 0 radical (unpaired) electrons. The fourth-order valence-electron chi connectivity index (χ4n) is 1.99. The number of benzene rings is 2. The van der Waals surface area contributed by atoms with Crippen LogP contribution in [0.3, 0.4) is 0 Å². The van der Waals surface area contributed by atoms with E-state index in [1.54, 1.807) is 18.2 Å². The van der Waals surface area contributed by atoms with E-state index in [0.717, 1.165) is 11.3 Å². The van der Waals surface area contributed by atoms with Crippen molar-refractivity contribution in [3.63, 3.8) is 0 Å². The molecule has 0 unspecified atom stereocenters. The second-order valence-corrected chi connectivity index (χ2v) is 6.06. The van der Waals surface area contributed by atoms with E-state index in [1.165, 1.54) is 5.56 Å². The molecule has 0 saturated carbocycles. The molecule has 0 bridgehead atoms. The average Bonchev–Trinajstić information content (AvgIpc) is 2.43. The second kappa shape index (κ2) is 6.97. The molecule has 1 N–H and O–H groups in total. The van der Waals surface area contributed by atoms with E-state index in [0.29, 0.717) is 16.0 Å². The van der Waals surface area contributed by atoms with Gasteiger partial charge in [-0.2, -0.15) is 0 Å². The summed E-state index contributed by atoms with van der Waals surface area (Å²) in [6, 6.07) is 13.1. The second-order valence-electron chi connectivity index (χ2n) is 5.25. The lowest BCUT2D eigenvalue weighted by molar-refractivity contribution is -0.115. The summed E-state index contributed by atoms with van der Waals surface area (Å²) in [5, 5.41) is 3.83. The van der Waals surface area contributed by atoms with Gasteiger partial charge in [0.2, 0.25) is 5.91 Å². The zero-order chi connectivity index (χ0) is 15.4. The van der Waals surface area contributed by atoms with Crippen LogP contribution < -0.4 is 5.32 Å². The number of carbonyl (C=O) groups is 1. The highest BCUT2D eigenvalue weighted by Crippen LogP contribution is 2.23. The first-order valence-electron chi connectivity index (χ1n) is 6.79. The highest BCUT2D eigenvalue weighted by molar-refractivity contribution is 6.42. The summed E-state index contributed by atoms with van der Waals surface area (Å²) < 4.78 is 0. The topological polar surface area (TPSA) is 29.1 Å². The largest absolute Gasteiger partial charge is 0.326 e. The summed E-state index contributed by atoms with van der Waals surface area (Å²) in [7, 11) is 0. The predicted molar refractivity (Wildman–Crippen MR) is 89.3 cm³/mol. The number of hydrogen-bond acceptors (Lipinski definition) is 1. The van der Waals surface area contributed by atoms with Crippen LogP contribution in [-0.2, 0) is 11.2 Å². The van der Waals surface area contributed by atoms with Crippen molar-refractivity contribution in [2.75, 3.05) is 5.32 Å². The molecule has 0 aliphatic carbocycles. The van der Waals surface area contributed by atoms with Gasteiger partial charge in [0.15, 0.2) is 0 Å². The van der Waals surface area contributed by atoms with Gasteiger partial charge in [-0.1, -0.05) is 55.2 Å². The van der Waals surface area contributed by atoms with Gasteiger partial charge in [-0.3, -0.25) is 4.79 Å². The van der Waals surface area contributed by atoms with Crippen LogP contribution in [0.15, 0.2) is 42.5 Å². The number of amides is 1. The van der Waals surface area contributed by atoms with Gasteiger partial charge in [0.25, 0.3) is 0 Å².